The van der Waals surface area contributed by atoms with Crippen LogP contribution >= 0.6 is 0 Å². The molecule has 1 rings (SSSR count). The Balaban J connectivity index is 3.66. The van der Waals surface area contributed by atoms with Gasteiger partial charge < -0.3 is 4.98 Å². The molecule has 0 spiro atoms. The molecule has 0 aliphatic heterocycles. The standard InChI is InChI=1S/C5H5FN2O2/c1-8-4(9)3(6)2-7-5(8)10/h2H,1H3,(H,7,10). The van der Waals surface area contributed by atoms with Crippen molar-refractivity contribution >= 4 is 0 Å². The van der Waals surface area contributed by atoms with Gasteiger partial charge in [-0.25, -0.2) is 4.79 Å². The fraction of sp³-hybridized carbons (Fsp3) is 0.200. The minimum absolute atomic E-state index is 0.619. The van der Waals surface area contributed by atoms with E-state index in [-0.39, 0.29) is 0 Å². The Morgan fingerprint density at radius 2 is 2.20 bits per heavy atom. The molecule has 1 heterocycles. The second kappa shape index (κ2) is 2.09. The predicted molar refractivity (Wildman–Crippen MR) is 32.3 cm³/mol. The van der Waals surface area contributed by atoms with Crippen LogP contribution in [0.2, 0.25) is 0 Å². The van der Waals surface area contributed by atoms with Gasteiger partial charge in [-0.15, -0.1) is 0 Å². The second-order valence-electron chi connectivity index (χ2n) is 1.81. The lowest BCUT2D eigenvalue weighted by Crippen LogP contribution is -2.33. The molecule has 10 heavy (non-hydrogen) atoms. The first-order valence-electron chi connectivity index (χ1n) is 2.57. The Hall–Kier alpha value is -1.39. The number of aromatic nitrogens is 2. The van der Waals surface area contributed by atoms with Crippen molar-refractivity contribution in [2.24, 2.45) is 7.05 Å². The van der Waals surface area contributed by atoms with E-state index in [0.29, 0.717) is 4.57 Å². The van der Waals surface area contributed by atoms with Crippen molar-refractivity contribution in [3.63, 3.8) is 0 Å². The first kappa shape index (κ1) is 6.73. The Kier molecular flexibility index (Phi) is 1.41. The highest BCUT2D eigenvalue weighted by molar-refractivity contribution is 4.85. The van der Waals surface area contributed by atoms with E-state index in [1.54, 1.807) is 0 Å². The molecule has 0 saturated carbocycles. The zero-order valence-electron chi connectivity index (χ0n) is 5.22. The van der Waals surface area contributed by atoms with Gasteiger partial charge in [0, 0.05) is 13.2 Å². The highest BCUT2D eigenvalue weighted by Crippen LogP contribution is 1.76. The van der Waals surface area contributed by atoms with Crippen LogP contribution in [0.25, 0.3) is 0 Å². The fourth-order valence-electron chi connectivity index (χ4n) is 0.536. The van der Waals surface area contributed by atoms with Crippen LogP contribution < -0.4 is 11.2 Å². The van der Waals surface area contributed by atoms with Crippen LogP contribution in [0.15, 0.2) is 15.8 Å². The number of hydrogen-bond acceptors (Lipinski definition) is 2. The summed E-state index contributed by atoms with van der Waals surface area (Å²) in [6.07, 6.45) is 0.741. The quantitative estimate of drug-likeness (QED) is 0.519. The van der Waals surface area contributed by atoms with Gasteiger partial charge in [0.25, 0.3) is 5.56 Å². The van der Waals surface area contributed by atoms with Gasteiger partial charge in [0.2, 0.25) is 5.82 Å². The van der Waals surface area contributed by atoms with Crippen LogP contribution in [0, 0.1) is 5.82 Å². The SMILES string of the molecule is Cn1c(=O)[nH]cc(F)c1=O. The largest absolute Gasteiger partial charge is 0.328 e. The van der Waals surface area contributed by atoms with E-state index in [1.807, 2.05) is 4.98 Å². The number of aromatic amines is 1. The van der Waals surface area contributed by atoms with Crippen LogP contribution in [-0.4, -0.2) is 9.55 Å². The van der Waals surface area contributed by atoms with Crippen molar-refractivity contribution < 1.29 is 4.39 Å². The van der Waals surface area contributed by atoms with Gasteiger partial charge in [0.05, 0.1) is 0 Å². The highest BCUT2D eigenvalue weighted by Gasteiger charge is 1.99. The summed E-state index contributed by atoms with van der Waals surface area (Å²) in [5.41, 5.74) is -1.53. The van der Waals surface area contributed by atoms with Crippen LogP contribution in [0.5, 0.6) is 0 Å². The second-order valence-corrected chi connectivity index (χ2v) is 1.81. The number of halogens is 1. The topological polar surface area (TPSA) is 54.9 Å². The molecule has 0 aromatic carbocycles. The minimum Gasteiger partial charge on any atom is -0.311 e. The third-order valence-corrected chi connectivity index (χ3v) is 1.14. The van der Waals surface area contributed by atoms with E-state index in [2.05, 4.69) is 0 Å². The fourth-order valence-corrected chi connectivity index (χ4v) is 0.536. The molecule has 0 atom stereocenters. The summed E-state index contributed by atoms with van der Waals surface area (Å²) in [6.45, 7) is 0. The lowest BCUT2D eigenvalue weighted by atomic mass is 10.6. The van der Waals surface area contributed by atoms with Crippen molar-refractivity contribution in [3.8, 4) is 0 Å². The van der Waals surface area contributed by atoms with E-state index < -0.39 is 17.1 Å². The third-order valence-electron chi connectivity index (χ3n) is 1.14. The van der Waals surface area contributed by atoms with E-state index >= 15 is 0 Å². The molecule has 0 fully saturated rings. The summed E-state index contributed by atoms with van der Waals surface area (Å²) in [5.74, 6) is -0.956. The number of H-pyrrole nitrogens is 1. The Labute approximate surface area is 54.9 Å². The lowest BCUT2D eigenvalue weighted by Gasteiger charge is -1.91. The maximum atomic E-state index is 12.3. The van der Waals surface area contributed by atoms with Crippen molar-refractivity contribution in [3.05, 3.63) is 32.9 Å². The van der Waals surface area contributed by atoms with Crippen molar-refractivity contribution in [2.75, 3.05) is 0 Å². The predicted octanol–water partition coefficient (Wildman–Crippen LogP) is -0.787. The molecule has 4 nitrogen and oxygen atoms in total. The normalized spacial score (nSPS) is 9.80. The number of nitrogens with zero attached hydrogens (tertiary/aromatic N) is 1. The highest BCUT2D eigenvalue weighted by atomic mass is 19.1. The molecule has 0 unspecified atom stereocenters. The Morgan fingerprint density at radius 1 is 1.60 bits per heavy atom. The van der Waals surface area contributed by atoms with Crippen LogP contribution in [0.3, 0.4) is 0 Å². The molecule has 0 aliphatic carbocycles. The smallest absolute Gasteiger partial charge is 0.311 e. The average Bonchev–Trinajstić information content (AvgIpc) is 1.93. The van der Waals surface area contributed by atoms with Gasteiger partial charge in [-0.2, -0.15) is 4.39 Å². The molecular weight excluding hydrogens is 139 g/mol. The average molecular weight is 144 g/mol. The van der Waals surface area contributed by atoms with E-state index in [9.17, 15) is 14.0 Å². The van der Waals surface area contributed by atoms with Crippen molar-refractivity contribution in [1.82, 2.24) is 9.55 Å². The van der Waals surface area contributed by atoms with Gasteiger partial charge in [-0.3, -0.25) is 9.36 Å². The first-order valence-corrected chi connectivity index (χ1v) is 2.57. The molecule has 1 aromatic heterocycles. The lowest BCUT2D eigenvalue weighted by molar-refractivity contribution is 0.570. The zero-order valence-corrected chi connectivity index (χ0v) is 5.22. The molecule has 0 radical (unpaired) electrons. The summed E-state index contributed by atoms with van der Waals surface area (Å²) in [5, 5.41) is 0. The first-order chi connectivity index (χ1) is 4.63. The maximum absolute atomic E-state index is 12.3. The number of nitrogens with one attached hydrogen (secondary N) is 1. The van der Waals surface area contributed by atoms with E-state index in [0.717, 1.165) is 6.20 Å². The molecule has 0 saturated heterocycles. The summed E-state index contributed by atoms with van der Waals surface area (Å²) < 4.78 is 12.9. The number of hydrogen-bond donors (Lipinski definition) is 1. The van der Waals surface area contributed by atoms with Crippen LogP contribution in [0.1, 0.15) is 0 Å². The third kappa shape index (κ3) is 0.854. The Bertz CT molecular complexity index is 351. The van der Waals surface area contributed by atoms with E-state index in [4.69, 9.17) is 0 Å². The summed E-state index contributed by atoms with van der Waals surface area (Å²) in [4.78, 5) is 23.1. The molecule has 1 N–H and O–H groups in total. The molecule has 0 amide bonds. The molecule has 0 bridgehead atoms. The van der Waals surface area contributed by atoms with Crippen molar-refractivity contribution in [1.29, 1.82) is 0 Å². The monoisotopic (exact) mass is 144 g/mol. The molecule has 1 aromatic rings. The van der Waals surface area contributed by atoms with Gasteiger partial charge in [-0.05, 0) is 0 Å². The molecule has 0 aliphatic rings. The van der Waals surface area contributed by atoms with Gasteiger partial charge in [-0.1, -0.05) is 0 Å². The molecule has 5 heteroatoms. The van der Waals surface area contributed by atoms with Crippen LogP contribution in [0.4, 0.5) is 4.39 Å². The molecular formula is C5H5FN2O2. The van der Waals surface area contributed by atoms with Gasteiger partial charge in [0.15, 0.2) is 0 Å². The number of rotatable bonds is 0. The zero-order chi connectivity index (χ0) is 7.72. The summed E-state index contributed by atoms with van der Waals surface area (Å²) in [6, 6.07) is 0. The van der Waals surface area contributed by atoms with Crippen LogP contribution in [-0.2, 0) is 7.05 Å². The van der Waals surface area contributed by atoms with Gasteiger partial charge >= 0.3 is 5.69 Å². The summed E-state index contributed by atoms with van der Waals surface area (Å²) >= 11 is 0. The molecule has 54 valence electrons. The van der Waals surface area contributed by atoms with E-state index in [1.165, 1.54) is 7.05 Å². The van der Waals surface area contributed by atoms with Gasteiger partial charge in [0.1, 0.15) is 0 Å². The maximum Gasteiger partial charge on any atom is 0.328 e. The Morgan fingerprint density at radius 3 is 2.70 bits per heavy atom. The summed E-state index contributed by atoms with van der Waals surface area (Å²) in [7, 11) is 1.20. The van der Waals surface area contributed by atoms with Crippen molar-refractivity contribution in [2.45, 2.75) is 0 Å². The minimum atomic E-state index is -0.956.